The van der Waals surface area contributed by atoms with E-state index in [9.17, 15) is 16.8 Å². The maximum atomic E-state index is 11.3. The molecule has 1 atom stereocenters. The summed E-state index contributed by atoms with van der Waals surface area (Å²) in [5, 5.41) is 3.02. The first-order valence-electron chi connectivity index (χ1n) is 5.64. The van der Waals surface area contributed by atoms with Gasteiger partial charge in [-0.2, -0.15) is 0 Å². The van der Waals surface area contributed by atoms with Crippen molar-refractivity contribution in [3.63, 3.8) is 0 Å². The summed E-state index contributed by atoms with van der Waals surface area (Å²) in [7, 11) is -6.25. The number of nitrogens with one attached hydrogen (secondary N) is 2. The Balaban J connectivity index is 2.00. The quantitative estimate of drug-likeness (QED) is 0.814. The molecule has 0 amide bonds. The van der Waals surface area contributed by atoms with Crippen LogP contribution in [0.3, 0.4) is 0 Å². The van der Waals surface area contributed by atoms with Crippen molar-refractivity contribution in [2.45, 2.75) is 12.5 Å². The first-order chi connectivity index (χ1) is 8.73. The fourth-order valence-corrected chi connectivity index (χ4v) is 4.09. The maximum absolute atomic E-state index is 11.3. The van der Waals surface area contributed by atoms with Crippen molar-refractivity contribution in [1.82, 2.24) is 4.98 Å². The fourth-order valence-electron chi connectivity index (χ4n) is 1.87. The summed E-state index contributed by atoms with van der Waals surface area (Å²) in [6.45, 7) is 0. The molecular weight excluding hydrogens is 290 g/mol. The zero-order valence-corrected chi connectivity index (χ0v) is 12.0. The molecule has 1 unspecified atom stereocenters. The minimum absolute atomic E-state index is 0.109. The van der Waals surface area contributed by atoms with Crippen molar-refractivity contribution >= 4 is 31.4 Å². The molecule has 1 saturated heterocycles. The minimum Gasteiger partial charge on any atom is -0.366 e. The molecule has 1 aliphatic rings. The van der Waals surface area contributed by atoms with E-state index in [1.165, 1.54) is 6.20 Å². The van der Waals surface area contributed by atoms with Crippen LogP contribution in [0.1, 0.15) is 6.42 Å². The molecular formula is C10H15N3O4S2. The largest absolute Gasteiger partial charge is 0.366 e. The van der Waals surface area contributed by atoms with Gasteiger partial charge in [-0.05, 0) is 18.6 Å². The number of sulfonamides is 1. The topological polar surface area (TPSA) is 105 Å². The van der Waals surface area contributed by atoms with Crippen LogP contribution in [0.2, 0.25) is 0 Å². The van der Waals surface area contributed by atoms with Crippen molar-refractivity contribution in [3.8, 4) is 0 Å². The number of hydrogen-bond acceptors (Lipinski definition) is 6. The third-order valence-corrected chi connectivity index (χ3v) is 5.03. The second kappa shape index (κ2) is 4.97. The van der Waals surface area contributed by atoms with Gasteiger partial charge in [0.1, 0.15) is 5.82 Å². The predicted octanol–water partition coefficient (Wildman–Crippen LogP) is 0.0521. The molecule has 0 radical (unpaired) electrons. The molecule has 0 bridgehead atoms. The zero-order valence-electron chi connectivity index (χ0n) is 10.3. The molecule has 1 aromatic heterocycles. The normalized spacial score (nSPS) is 22.1. The Kier molecular flexibility index (Phi) is 3.68. The Morgan fingerprint density at radius 2 is 2.11 bits per heavy atom. The van der Waals surface area contributed by atoms with Crippen LogP contribution in [0, 0.1) is 0 Å². The van der Waals surface area contributed by atoms with E-state index in [-0.39, 0.29) is 17.5 Å². The van der Waals surface area contributed by atoms with E-state index in [0.717, 1.165) is 6.26 Å². The standard InChI is InChI=1S/C10H15N3O4S2/c1-18(14,15)13-8-2-3-10(11-6-8)12-9-4-5-19(16,17)7-9/h2-3,6,9,13H,4-5,7H2,1H3,(H,11,12). The van der Waals surface area contributed by atoms with Crippen LogP contribution >= 0.6 is 0 Å². The monoisotopic (exact) mass is 305 g/mol. The minimum atomic E-state index is -3.32. The third kappa shape index (κ3) is 4.35. The number of pyridine rings is 1. The van der Waals surface area contributed by atoms with E-state index >= 15 is 0 Å². The average molecular weight is 305 g/mol. The molecule has 1 aromatic rings. The van der Waals surface area contributed by atoms with Crippen molar-refractivity contribution in [2.75, 3.05) is 27.8 Å². The Labute approximate surface area is 112 Å². The second-order valence-corrected chi connectivity index (χ2v) is 8.53. The molecule has 2 heterocycles. The van der Waals surface area contributed by atoms with Crippen LogP contribution in [-0.2, 0) is 19.9 Å². The van der Waals surface area contributed by atoms with Crippen molar-refractivity contribution in [2.24, 2.45) is 0 Å². The van der Waals surface area contributed by atoms with Crippen LogP contribution in [0.5, 0.6) is 0 Å². The number of rotatable bonds is 4. The molecule has 9 heteroatoms. The molecule has 2 N–H and O–H groups in total. The number of nitrogens with zero attached hydrogens (tertiary/aromatic N) is 1. The van der Waals surface area contributed by atoms with E-state index in [0.29, 0.717) is 17.9 Å². The zero-order chi connectivity index (χ0) is 14.1. The average Bonchev–Trinajstić information content (AvgIpc) is 2.59. The highest BCUT2D eigenvalue weighted by molar-refractivity contribution is 7.92. The Hall–Kier alpha value is -1.35. The lowest BCUT2D eigenvalue weighted by molar-refractivity contribution is 0.601. The maximum Gasteiger partial charge on any atom is 0.229 e. The van der Waals surface area contributed by atoms with E-state index in [2.05, 4.69) is 15.0 Å². The number of sulfone groups is 1. The van der Waals surface area contributed by atoms with E-state index in [4.69, 9.17) is 0 Å². The van der Waals surface area contributed by atoms with Gasteiger partial charge in [-0.15, -0.1) is 0 Å². The van der Waals surface area contributed by atoms with Gasteiger partial charge in [0.05, 0.1) is 29.6 Å². The van der Waals surface area contributed by atoms with Gasteiger partial charge < -0.3 is 5.32 Å². The predicted molar refractivity (Wildman–Crippen MR) is 73.4 cm³/mol. The number of hydrogen-bond donors (Lipinski definition) is 2. The summed E-state index contributed by atoms with van der Waals surface area (Å²) in [5.41, 5.74) is 0.368. The van der Waals surface area contributed by atoms with Gasteiger partial charge in [0.25, 0.3) is 0 Å². The van der Waals surface area contributed by atoms with Crippen LogP contribution in [0.25, 0.3) is 0 Å². The molecule has 0 spiro atoms. The van der Waals surface area contributed by atoms with Gasteiger partial charge >= 0.3 is 0 Å². The van der Waals surface area contributed by atoms with Crippen molar-refractivity contribution in [3.05, 3.63) is 18.3 Å². The Bertz CT molecular complexity index is 653. The molecule has 19 heavy (non-hydrogen) atoms. The molecule has 1 fully saturated rings. The first kappa shape index (κ1) is 14.1. The lowest BCUT2D eigenvalue weighted by Crippen LogP contribution is -2.21. The smallest absolute Gasteiger partial charge is 0.229 e. The lowest BCUT2D eigenvalue weighted by Gasteiger charge is -2.11. The SMILES string of the molecule is CS(=O)(=O)Nc1ccc(NC2CCS(=O)(=O)C2)nc1. The summed E-state index contributed by atoms with van der Waals surface area (Å²) < 4.78 is 46.9. The molecule has 0 saturated carbocycles. The van der Waals surface area contributed by atoms with Gasteiger partial charge in [-0.3, -0.25) is 4.72 Å². The van der Waals surface area contributed by atoms with Crippen LogP contribution in [0.15, 0.2) is 18.3 Å². The van der Waals surface area contributed by atoms with Crippen LogP contribution in [0.4, 0.5) is 11.5 Å². The highest BCUT2D eigenvalue weighted by Crippen LogP contribution is 2.17. The van der Waals surface area contributed by atoms with Gasteiger partial charge in [-0.1, -0.05) is 0 Å². The van der Waals surface area contributed by atoms with Crippen molar-refractivity contribution < 1.29 is 16.8 Å². The fraction of sp³-hybridized carbons (Fsp3) is 0.500. The first-order valence-corrected chi connectivity index (χ1v) is 9.36. The molecule has 0 aromatic carbocycles. The van der Waals surface area contributed by atoms with E-state index < -0.39 is 19.9 Å². The number of aromatic nitrogens is 1. The summed E-state index contributed by atoms with van der Waals surface area (Å²) in [5.74, 6) is 0.831. The third-order valence-electron chi connectivity index (χ3n) is 2.65. The number of anilines is 2. The highest BCUT2D eigenvalue weighted by Gasteiger charge is 2.27. The van der Waals surface area contributed by atoms with Crippen LogP contribution < -0.4 is 10.0 Å². The van der Waals surface area contributed by atoms with Gasteiger partial charge in [0.15, 0.2) is 9.84 Å². The Morgan fingerprint density at radius 3 is 2.58 bits per heavy atom. The van der Waals surface area contributed by atoms with Crippen molar-refractivity contribution in [1.29, 1.82) is 0 Å². The van der Waals surface area contributed by atoms with E-state index in [1.54, 1.807) is 12.1 Å². The molecule has 2 rings (SSSR count). The molecule has 0 aliphatic carbocycles. The Morgan fingerprint density at radius 1 is 1.37 bits per heavy atom. The molecule has 106 valence electrons. The molecule has 7 nitrogen and oxygen atoms in total. The molecule has 1 aliphatic heterocycles. The second-order valence-electron chi connectivity index (χ2n) is 4.55. The summed E-state index contributed by atoms with van der Waals surface area (Å²) in [4.78, 5) is 4.04. The summed E-state index contributed by atoms with van der Waals surface area (Å²) in [6, 6.07) is 3.05. The summed E-state index contributed by atoms with van der Waals surface area (Å²) >= 11 is 0. The van der Waals surface area contributed by atoms with Crippen LogP contribution in [-0.4, -0.2) is 45.6 Å². The van der Waals surface area contributed by atoms with Gasteiger partial charge in [0.2, 0.25) is 10.0 Å². The summed E-state index contributed by atoms with van der Waals surface area (Å²) in [6.07, 6.45) is 3.00. The van der Waals surface area contributed by atoms with Gasteiger partial charge in [0, 0.05) is 6.04 Å². The van der Waals surface area contributed by atoms with Gasteiger partial charge in [-0.25, -0.2) is 21.8 Å². The van der Waals surface area contributed by atoms with E-state index in [1.807, 2.05) is 0 Å². The highest BCUT2D eigenvalue weighted by atomic mass is 32.2. The lowest BCUT2D eigenvalue weighted by atomic mass is 10.2.